The molecule has 0 bridgehead atoms. The van der Waals surface area contributed by atoms with E-state index in [0.29, 0.717) is 0 Å². The molecule has 2 aromatic heterocycles. The molecule has 1 fully saturated rings. The van der Waals surface area contributed by atoms with Crippen LogP contribution < -0.4 is 5.32 Å². The predicted octanol–water partition coefficient (Wildman–Crippen LogP) is 2.73. The molecule has 1 saturated heterocycles. The van der Waals surface area contributed by atoms with Gasteiger partial charge >= 0.3 is 0 Å². The first-order chi connectivity index (χ1) is 10.6. The highest BCUT2D eigenvalue weighted by Crippen LogP contribution is 2.28. The number of hydrogen-bond acceptors (Lipinski definition) is 4. The summed E-state index contributed by atoms with van der Waals surface area (Å²) in [5.41, 5.74) is 5.08. The van der Waals surface area contributed by atoms with Crippen LogP contribution in [0.2, 0.25) is 0 Å². The summed E-state index contributed by atoms with van der Waals surface area (Å²) < 4.78 is 5.17. The van der Waals surface area contributed by atoms with Gasteiger partial charge in [-0.05, 0) is 38.0 Å². The van der Waals surface area contributed by atoms with E-state index >= 15 is 0 Å². The molecule has 6 heteroatoms. The third-order valence-corrected chi connectivity index (χ3v) is 3.65. The summed E-state index contributed by atoms with van der Waals surface area (Å²) in [6.45, 7) is 4.76. The number of rotatable bonds is 1. The number of imidazole rings is 1. The Labute approximate surface area is 127 Å². The molecule has 0 unspecified atom stereocenters. The lowest BCUT2D eigenvalue weighted by atomic mass is 10.0. The Morgan fingerprint density at radius 1 is 1.27 bits per heavy atom. The van der Waals surface area contributed by atoms with Crippen molar-refractivity contribution in [3.63, 3.8) is 0 Å². The molecule has 114 valence electrons. The Balaban J connectivity index is 0.000000202. The molecule has 0 spiro atoms. The van der Waals surface area contributed by atoms with Crippen LogP contribution in [-0.2, 0) is 4.79 Å². The van der Waals surface area contributed by atoms with Crippen molar-refractivity contribution in [2.45, 2.75) is 26.7 Å². The molecule has 0 atom stereocenters. The lowest BCUT2D eigenvalue weighted by Gasteiger charge is -1.99. The number of carbonyl (C=O) groups is 1. The predicted molar refractivity (Wildman–Crippen MR) is 83.3 cm³/mol. The second-order valence-corrected chi connectivity index (χ2v) is 5.29. The summed E-state index contributed by atoms with van der Waals surface area (Å²) in [6, 6.07) is 6.09. The number of H-pyrrole nitrogens is 1. The number of fused-ring (bicyclic) bond motifs is 1. The topological polar surface area (TPSA) is 83.8 Å². The molecule has 1 amide bonds. The standard InChI is InChI=1S/C12H11N3O.C4H7NO/c1-7-12(8(2)16-15-7)9-3-4-10-11(5-9)14-6-13-10;6-4-2-1-3-5-4/h3-6H,1-2H3,(H,13,14);1-3H2,(H,5,6). The smallest absolute Gasteiger partial charge is 0.220 e. The van der Waals surface area contributed by atoms with E-state index in [1.807, 2.05) is 26.0 Å². The summed E-state index contributed by atoms with van der Waals surface area (Å²) in [6.07, 6.45) is 3.46. The van der Waals surface area contributed by atoms with Crippen LogP contribution in [0.25, 0.3) is 22.2 Å². The molecular weight excluding hydrogens is 280 g/mol. The molecule has 0 aliphatic carbocycles. The van der Waals surface area contributed by atoms with Crippen LogP contribution in [-0.4, -0.2) is 27.6 Å². The van der Waals surface area contributed by atoms with Crippen LogP contribution in [0.15, 0.2) is 29.0 Å². The second-order valence-electron chi connectivity index (χ2n) is 5.29. The third-order valence-electron chi connectivity index (χ3n) is 3.65. The summed E-state index contributed by atoms with van der Waals surface area (Å²) in [5.74, 6) is 1.05. The normalized spacial score (nSPS) is 13.8. The van der Waals surface area contributed by atoms with Gasteiger partial charge in [0.1, 0.15) is 5.76 Å². The Kier molecular flexibility index (Phi) is 3.91. The number of aromatic amines is 1. The average molecular weight is 298 g/mol. The fourth-order valence-electron chi connectivity index (χ4n) is 2.55. The van der Waals surface area contributed by atoms with Crippen LogP contribution >= 0.6 is 0 Å². The molecule has 22 heavy (non-hydrogen) atoms. The van der Waals surface area contributed by atoms with Crippen LogP contribution in [0.3, 0.4) is 0 Å². The van der Waals surface area contributed by atoms with Gasteiger partial charge in [0.15, 0.2) is 0 Å². The number of nitrogens with one attached hydrogen (secondary N) is 2. The van der Waals surface area contributed by atoms with Gasteiger partial charge in [0.25, 0.3) is 0 Å². The summed E-state index contributed by atoms with van der Waals surface area (Å²) in [5, 5.41) is 6.64. The Morgan fingerprint density at radius 2 is 2.14 bits per heavy atom. The van der Waals surface area contributed by atoms with Crippen molar-refractivity contribution in [2.75, 3.05) is 6.54 Å². The number of aromatic nitrogens is 3. The van der Waals surface area contributed by atoms with E-state index in [1.54, 1.807) is 6.33 Å². The number of benzene rings is 1. The largest absolute Gasteiger partial charge is 0.361 e. The third kappa shape index (κ3) is 2.86. The maximum absolute atomic E-state index is 10.1. The number of nitrogens with zero attached hydrogens (tertiary/aromatic N) is 2. The van der Waals surface area contributed by atoms with Gasteiger partial charge in [0.2, 0.25) is 5.91 Å². The number of carbonyl (C=O) groups excluding carboxylic acids is 1. The van der Waals surface area contributed by atoms with Crippen LogP contribution in [0, 0.1) is 13.8 Å². The van der Waals surface area contributed by atoms with Crippen LogP contribution in [0.5, 0.6) is 0 Å². The van der Waals surface area contributed by atoms with Crippen LogP contribution in [0.4, 0.5) is 0 Å². The van der Waals surface area contributed by atoms with Gasteiger partial charge in [-0.15, -0.1) is 0 Å². The Morgan fingerprint density at radius 3 is 2.73 bits per heavy atom. The van der Waals surface area contributed by atoms with E-state index in [-0.39, 0.29) is 5.91 Å². The van der Waals surface area contributed by atoms with Gasteiger partial charge < -0.3 is 14.8 Å². The zero-order valence-electron chi connectivity index (χ0n) is 12.6. The maximum Gasteiger partial charge on any atom is 0.220 e. The van der Waals surface area contributed by atoms with Crippen molar-refractivity contribution in [2.24, 2.45) is 0 Å². The number of amides is 1. The maximum atomic E-state index is 10.1. The van der Waals surface area contributed by atoms with Crippen molar-refractivity contribution in [1.29, 1.82) is 0 Å². The molecule has 1 aliphatic heterocycles. The van der Waals surface area contributed by atoms with E-state index in [1.165, 1.54) is 0 Å². The minimum absolute atomic E-state index is 0.204. The highest BCUT2D eigenvalue weighted by Gasteiger charge is 2.11. The zero-order valence-corrected chi connectivity index (χ0v) is 12.6. The van der Waals surface area contributed by atoms with Gasteiger partial charge in [0, 0.05) is 18.5 Å². The van der Waals surface area contributed by atoms with Crippen molar-refractivity contribution in [3.05, 3.63) is 36.0 Å². The molecule has 0 saturated carbocycles. The first kappa shape index (κ1) is 14.3. The molecular formula is C16H18N4O2. The molecule has 2 N–H and O–H groups in total. The van der Waals surface area contributed by atoms with E-state index in [2.05, 4.69) is 26.5 Å². The fraction of sp³-hybridized carbons (Fsp3) is 0.312. The SMILES string of the molecule is Cc1noc(C)c1-c1ccc2nc[nH]c2c1.O=C1CCCN1. The molecule has 0 radical (unpaired) electrons. The van der Waals surface area contributed by atoms with E-state index in [0.717, 1.165) is 53.0 Å². The Bertz CT molecular complexity index is 776. The highest BCUT2D eigenvalue weighted by atomic mass is 16.5. The van der Waals surface area contributed by atoms with Crippen molar-refractivity contribution >= 4 is 16.9 Å². The highest BCUT2D eigenvalue weighted by molar-refractivity contribution is 5.82. The molecule has 1 aliphatic rings. The molecule has 6 nitrogen and oxygen atoms in total. The molecule has 3 heterocycles. The fourth-order valence-corrected chi connectivity index (χ4v) is 2.55. The minimum Gasteiger partial charge on any atom is -0.361 e. The number of hydrogen-bond donors (Lipinski definition) is 2. The van der Waals surface area contributed by atoms with Gasteiger partial charge in [-0.1, -0.05) is 11.2 Å². The lowest BCUT2D eigenvalue weighted by molar-refractivity contribution is -0.119. The van der Waals surface area contributed by atoms with Crippen molar-refractivity contribution in [1.82, 2.24) is 20.4 Å². The van der Waals surface area contributed by atoms with E-state index in [4.69, 9.17) is 4.52 Å². The monoisotopic (exact) mass is 298 g/mol. The second kappa shape index (κ2) is 6.01. The van der Waals surface area contributed by atoms with E-state index < -0.39 is 0 Å². The minimum atomic E-state index is 0.204. The molecule has 3 aromatic rings. The van der Waals surface area contributed by atoms with Gasteiger partial charge in [-0.3, -0.25) is 4.79 Å². The lowest BCUT2D eigenvalue weighted by Crippen LogP contribution is -2.12. The van der Waals surface area contributed by atoms with Gasteiger partial charge in [-0.25, -0.2) is 4.98 Å². The quantitative estimate of drug-likeness (QED) is 0.723. The first-order valence-corrected chi connectivity index (χ1v) is 7.28. The van der Waals surface area contributed by atoms with Crippen molar-refractivity contribution < 1.29 is 9.32 Å². The Hall–Kier alpha value is -2.63. The molecule has 4 rings (SSSR count). The summed E-state index contributed by atoms with van der Waals surface area (Å²) in [4.78, 5) is 17.4. The van der Waals surface area contributed by atoms with E-state index in [9.17, 15) is 4.79 Å². The van der Waals surface area contributed by atoms with Gasteiger partial charge in [0.05, 0.1) is 23.1 Å². The average Bonchev–Trinajstić information content (AvgIpc) is 3.21. The first-order valence-electron chi connectivity index (χ1n) is 7.28. The summed E-state index contributed by atoms with van der Waals surface area (Å²) >= 11 is 0. The zero-order chi connectivity index (χ0) is 15.5. The molecule has 1 aromatic carbocycles. The summed E-state index contributed by atoms with van der Waals surface area (Å²) in [7, 11) is 0. The van der Waals surface area contributed by atoms with Gasteiger partial charge in [-0.2, -0.15) is 0 Å². The van der Waals surface area contributed by atoms with Crippen molar-refractivity contribution in [3.8, 4) is 11.1 Å². The van der Waals surface area contributed by atoms with Crippen LogP contribution in [0.1, 0.15) is 24.3 Å². The number of aryl methyl sites for hydroxylation is 2.